The Balaban J connectivity index is 2.30. The maximum absolute atomic E-state index is 13.8. The lowest BCUT2D eigenvalue weighted by Gasteiger charge is -2.18. The first-order valence-electron chi connectivity index (χ1n) is 5.53. The lowest BCUT2D eigenvalue weighted by molar-refractivity contribution is 0.191. The van der Waals surface area contributed by atoms with E-state index in [0.29, 0.717) is 17.0 Å². The third-order valence-corrected chi connectivity index (χ3v) is 3.71. The number of aliphatic hydroxyl groups is 1. The first-order valence-corrected chi connectivity index (χ1v) is 5.90. The highest BCUT2D eigenvalue weighted by molar-refractivity contribution is 6.30. The Morgan fingerprint density at radius 2 is 2.33 bits per heavy atom. The molecule has 98 valence electrons. The molecule has 18 heavy (non-hydrogen) atoms. The molecule has 1 fully saturated rings. The lowest BCUT2D eigenvalue weighted by Crippen LogP contribution is -2.33. The molecule has 2 atom stereocenters. The largest absolute Gasteiger partial charge is 0.465 e. The van der Waals surface area contributed by atoms with Crippen LogP contribution in [0, 0.1) is 11.7 Å². The number of rotatable bonds is 4. The van der Waals surface area contributed by atoms with Crippen LogP contribution < -0.4 is 5.32 Å². The summed E-state index contributed by atoms with van der Waals surface area (Å²) >= 11 is 5.84. The van der Waals surface area contributed by atoms with Crippen LogP contribution in [0.1, 0.15) is 12.0 Å². The van der Waals surface area contributed by atoms with Gasteiger partial charge >= 0.3 is 6.09 Å². The average molecular weight is 274 g/mol. The van der Waals surface area contributed by atoms with E-state index < -0.39 is 17.3 Å². The summed E-state index contributed by atoms with van der Waals surface area (Å²) in [6.45, 7) is -0.0297. The number of carboxylic acid groups (broad SMARTS) is 1. The summed E-state index contributed by atoms with van der Waals surface area (Å²) in [4.78, 5) is 10.6. The van der Waals surface area contributed by atoms with Crippen molar-refractivity contribution in [2.75, 3.05) is 13.2 Å². The van der Waals surface area contributed by atoms with Gasteiger partial charge in [0.1, 0.15) is 5.82 Å². The van der Waals surface area contributed by atoms with E-state index in [-0.39, 0.29) is 19.1 Å². The third-order valence-electron chi connectivity index (χ3n) is 3.47. The van der Waals surface area contributed by atoms with Crippen LogP contribution in [0.3, 0.4) is 0 Å². The van der Waals surface area contributed by atoms with Gasteiger partial charge in [0.05, 0.1) is 0 Å². The Hall–Kier alpha value is -1.33. The zero-order valence-electron chi connectivity index (χ0n) is 9.49. The van der Waals surface area contributed by atoms with Gasteiger partial charge in [-0.15, -0.1) is 0 Å². The van der Waals surface area contributed by atoms with Crippen molar-refractivity contribution >= 4 is 17.7 Å². The van der Waals surface area contributed by atoms with Gasteiger partial charge in [0.25, 0.3) is 0 Å². The number of benzene rings is 1. The van der Waals surface area contributed by atoms with Crippen LogP contribution in [0.25, 0.3) is 0 Å². The van der Waals surface area contributed by atoms with Gasteiger partial charge < -0.3 is 15.5 Å². The molecule has 1 saturated carbocycles. The molecular weight excluding hydrogens is 261 g/mol. The number of hydrogen-bond acceptors (Lipinski definition) is 2. The second-order valence-corrected chi connectivity index (χ2v) is 4.96. The van der Waals surface area contributed by atoms with Gasteiger partial charge in [0, 0.05) is 23.6 Å². The van der Waals surface area contributed by atoms with Crippen LogP contribution in [0.2, 0.25) is 5.02 Å². The SMILES string of the molecule is O=C(O)NC[C@@]1(c2cc(Cl)ccc2F)C[C@H]1CO. The zero-order chi connectivity index (χ0) is 13.3. The van der Waals surface area contributed by atoms with E-state index in [1.54, 1.807) is 0 Å². The highest BCUT2D eigenvalue weighted by Gasteiger charge is 2.56. The van der Waals surface area contributed by atoms with E-state index in [1.165, 1.54) is 18.2 Å². The van der Waals surface area contributed by atoms with Crippen molar-refractivity contribution in [2.24, 2.45) is 5.92 Å². The highest BCUT2D eigenvalue weighted by Crippen LogP contribution is 2.54. The van der Waals surface area contributed by atoms with Crippen molar-refractivity contribution in [2.45, 2.75) is 11.8 Å². The molecule has 3 N–H and O–H groups in total. The number of amides is 1. The van der Waals surface area contributed by atoms with E-state index in [0.717, 1.165) is 0 Å². The molecule has 0 unspecified atom stereocenters. The van der Waals surface area contributed by atoms with Crippen LogP contribution in [0.5, 0.6) is 0 Å². The molecule has 1 aromatic carbocycles. The average Bonchev–Trinajstić information content (AvgIpc) is 3.05. The van der Waals surface area contributed by atoms with Crippen molar-refractivity contribution < 1.29 is 19.4 Å². The van der Waals surface area contributed by atoms with Gasteiger partial charge in [-0.3, -0.25) is 0 Å². The molecular formula is C12H13ClFNO3. The first-order chi connectivity index (χ1) is 8.49. The molecule has 0 aromatic heterocycles. The fourth-order valence-electron chi connectivity index (χ4n) is 2.37. The summed E-state index contributed by atoms with van der Waals surface area (Å²) in [5.41, 5.74) is -0.315. The molecule has 0 radical (unpaired) electrons. The van der Waals surface area contributed by atoms with Crippen molar-refractivity contribution in [1.29, 1.82) is 0 Å². The second kappa shape index (κ2) is 4.74. The molecule has 2 rings (SSSR count). The summed E-state index contributed by atoms with van der Waals surface area (Å²) in [7, 11) is 0. The minimum atomic E-state index is -1.17. The summed E-state index contributed by atoms with van der Waals surface area (Å²) in [5, 5.41) is 20.5. The predicted octanol–water partition coefficient (Wildman–Crippen LogP) is 2.00. The predicted molar refractivity (Wildman–Crippen MR) is 64.3 cm³/mol. The van der Waals surface area contributed by atoms with E-state index in [1.807, 2.05) is 0 Å². The molecule has 0 saturated heterocycles. The molecule has 1 aliphatic rings. The molecule has 0 heterocycles. The lowest BCUT2D eigenvalue weighted by atomic mass is 9.92. The summed E-state index contributed by atoms with van der Waals surface area (Å²) in [5.74, 6) is -0.570. The van der Waals surface area contributed by atoms with Crippen LogP contribution in [0.4, 0.5) is 9.18 Å². The summed E-state index contributed by atoms with van der Waals surface area (Å²) < 4.78 is 13.8. The van der Waals surface area contributed by atoms with Gasteiger partial charge in [-0.25, -0.2) is 9.18 Å². The Bertz CT molecular complexity index is 482. The Labute approximate surface area is 108 Å². The van der Waals surface area contributed by atoms with Crippen molar-refractivity contribution in [3.05, 3.63) is 34.6 Å². The van der Waals surface area contributed by atoms with Gasteiger partial charge in [-0.1, -0.05) is 11.6 Å². The fourth-order valence-corrected chi connectivity index (χ4v) is 2.55. The van der Waals surface area contributed by atoms with Crippen LogP contribution in [0.15, 0.2) is 18.2 Å². The first kappa shape index (κ1) is 13.1. The zero-order valence-corrected chi connectivity index (χ0v) is 10.2. The highest BCUT2D eigenvalue weighted by atomic mass is 35.5. The maximum atomic E-state index is 13.8. The summed E-state index contributed by atoms with van der Waals surface area (Å²) in [6.07, 6.45) is -0.624. The molecule has 0 aliphatic heterocycles. The van der Waals surface area contributed by atoms with E-state index in [2.05, 4.69) is 5.32 Å². The Kier molecular flexibility index (Phi) is 3.45. The van der Waals surface area contributed by atoms with Crippen LogP contribution in [-0.2, 0) is 5.41 Å². The molecule has 0 spiro atoms. The number of nitrogens with one attached hydrogen (secondary N) is 1. The molecule has 0 bridgehead atoms. The number of carbonyl (C=O) groups is 1. The van der Waals surface area contributed by atoms with Crippen LogP contribution in [-0.4, -0.2) is 29.5 Å². The number of hydrogen-bond donors (Lipinski definition) is 3. The standard InChI is InChI=1S/C12H13ClFNO3/c13-8-1-2-10(14)9(3-8)12(4-7(12)5-16)6-15-11(17)18/h1-3,7,15-16H,4-6H2,(H,17,18)/t7-,12-/m0/s1. The van der Waals surface area contributed by atoms with E-state index in [4.69, 9.17) is 16.7 Å². The van der Waals surface area contributed by atoms with E-state index in [9.17, 15) is 14.3 Å². The monoisotopic (exact) mass is 273 g/mol. The van der Waals surface area contributed by atoms with Crippen molar-refractivity contribution in [1.82, 2.24) is 5.32 Å². The Morgan fingerprint density at radius 1 is 1.61 bits per heavy atom. The molecule has 6 heteroatoms. The third kappa shape index (κ3) is 2.28. The molecule has 1 aromatic rings. The number of halogens is 2. The van der Waals surface area contributed by atoms with Crippen molar-refractivity contribution in [3.8, 4) is 0 Å². The van der Waals surface area contributed by atoms with Crippen molar-refractivity contribution in [3.63, 3.8) is 0 Å². The van der Waals surface area contributed by atoms with E-state index >= 15 is 0 Å². The quantitative estimate of drug-likeness (QED) is 0.786. The fraction of sp³-hybridized carbons (Fsp3) is 0.417. The maximum Gasteiger partial charge on any atom is 0.404 e. The van der Waals surface area contributed by atoms with Gasteiger partial charge in [-0.05, 0) is 36.1 Å². The van der Waals surface area contributed by atoms with Gasteiger partial charge in [-0.2, -0.15) is 0 Å². The smallest absolute Gasteiger partial charge is 0.404 e. The minimum absolute atomic E-state index is 0.0742. The van der Waals surface area contributed by atoms with Gasteiger partial charge in [0.15, 0.2) is 0 Å². The van der Waals surface area contributed by atoms with Crippen LogP contribution >= 0.6 is 11.6 Å². The molecule has 4 nitrogen and oxygen atoms in total. The normalized spacial score (nSPS) is 25.8. The number of aliphatic hydroxyl groups excluding tert-OH is 1. The topological polar surface area (TPSA) is 69.6 Å². The van der Waals surface area contributed by atoms with Gasteiger partial charge in [0.2, 0.25) is 0 Å². The molecule has 1 aliphatic carbocycles. The summed E-state index contributed by atoms with van der Waals surface area (Å²) in [6, 6.07) is 4.19. The molecule has 1 amide bonds. The Morgan fingerprint density at radius 3 is 2.89 bits per heavy atom. The minimum Gasteiger partial charge on any atom is -0.465 e. The second-order valence-electron chi connectivity index (χ2n) is 4.52.